The van der Waals surface area contributed by atoms with E-state index in [4.69, 9.17) is 0 Å². The quantitative estimate of drug-likeness (QED) is 0.674. The van der Waals surface area contributed by atoms with Crippen LogP contribution in [0, 0.1) is 0 Å². The number of nitrogens with zero attached hydrogens (tertiary/aromatic N) is 4. The van der Waals surface area contributed by atoms with Crippen LogP contribution in [-0.4, -0.2) is 90.2 Å². The molecule has 4 aliphatic rings. The van der Waals surface area contributed by atoms with Gasteiger partial charge < -0.3 is 5.32 Å². The molecule has 9 nitrogen and oxygen atoms in total. The fraction of sp³-hybridized carbons (Fsp3) is 0.895. The van der Waals surface area contributed by atoms with E-state index in [0.29, 0.717) is 39.3 Å². The summed E-state index contributed by atoms with van der Waals surface area (Å²) in [5, 5.41) is 2.94. The molecule has 1 aliphatic carbocycles. The van der Waals surface area contributed by atoms with Crippen LogP contribution in [0.1, 0.15) is 57.8 Å². The maximum absolute atomic E-state index is 13.0. The minimum absolute atomic E-state index is 0.109. The standard InChI is InChI=1S/C19H33N5O4S/c25-17-19(8-4-3-5-9-19)20-18(26)24(17)16-21-12-14-23(15-13-21)29(27,28)22-10-6-1-2-7-11-22/h1-16H2,(H,20,26). The Bertz CT molecular complexity index is 721. The molecule has 0 radical (unpaired) electrons. The highest BCUT2D eigenvalue weighted by molar-refractivity contribution is 7.86. The molecule has 1 spiro atoms. The van der Waals surface area contributed by atoms with Crippen LogP contribution < -0.4 is 5.32 Å². The molecule has 1 N–H and O–H groups in total. The maximum Gasteiger partial charge on any atom is 0.326 e. The monoisotopic (exact) mass is 427 g/mol. The number of imide groups is 1. The third kappa shape index (κ3) is 4.17. The van der Waals surface area contributed by atoms with Gasteiger partial charge in [-0.3, -0.25) is 9.69 Å². The predicted octanol–water partition coefficient (Wildman–Crippen LogP) is 0.937. The van der Waals surface area contributed by atoms with Gasteiger partial charge in [-0.25, -0.2) is 9.69 Å². The van der Waals surface area contributed by atoms with Crippen LogP contribution in [0.5, 0.6) is 0 Å². The number of amides is 3. The molecule has 0 aromatic heterocycles. The van der Waals surface area contributed by atoms with Gasteiger partial charge in [-0.2, -0.15) is 17.0 Å². The van der Waals surface area contributed by atoms with E-state index in [1.807, 2.05) is 4.90 Å². The Morgan fingerprint density at radius 2 is 1.31 bits per heavy atom. The van der Waals surface area contributed by atoms with Gasteiger partial charge in [0, 0.05) is 39.3 Å². The Morgan fingerprint density at radius 3 is 1.93 bits per heavy atom. The zero-order valence-corrected chi connectivity index (χ0v) is 18.0. The fourth-order valence-corrected chi connectivity index (χ4v) is 6.71. The molecule has 3 heterocycles. The summed E-state index contributed by atoms with van der Waals surface area (Å²) in [5.74, 6) is -0.109. The largest absolute Gasteiger partial charge is 0.326 e. The van der Waals surface area contributed by atoms with Crippen molar-refractivity contribution in [3.05, 3.63) is 0 Å². The second kappa shape index (κ2) is 8.49. The second-order valence-electron chi connectivity index (χ2n) is 8.79. The molecule has 164 valence electrons. The number of urea groups is 1. The number of rotatable bonds is 4. The minimum atomic E-state index is -3.42. The van der Waals surface area contributed by atoms with E-state index in [0.717, 1.165) is 57.8 Å². The minimum Gasteiger partial charge on any atom is -0.323 e. The summed E-state index contributed by atoms with van der Waals surface area (Å²) >= 11 is 0. The lowest BCUT2D eigenvalue weighted by Crippen LogP contribution is -2.55. The van der Waals surface area contributed by atoms with Crippen molar-refractivity contribution >= 4 is 22.1 Å². The molecule has 1 saturated carbocycles. The van der Waals surface area contributed by atoms with Crippen LogP contribution in [0.4, 0.5) is 4.79 Å². The van der Waals surface area contributed by atoms with Crippen molar-refractivity contribution < 1.29 is 18.0 Å². The topological polar surface area (TPSA) is 93.3 Å². The summed E-state index contributed by atoms with van der Waals surface area (Å²) < 4.78 is 29.1. The van der Waals surface area contributed by atoms with Crippen molar-refractivity contribution in [1.82, 2.24) is 23.7 Å². The third-order valence-electron chi connectivity index (χ3n) is 6.84. The van der Waals surface area contributed by atoms with Crippen molar-refractivity contribution in [2.75, 3.05) is 45.9 Å². The van der Waals surface area contributed by atoms with E-state index >= 15 is 0 Å². The first-order chi connectivity index (χ1) is 13.9. The molecule has 3 amide bonds. The molecule has 10 heteroatoms. The molecule has 0 unspecified atom stereocenters. The number of hydrogen-bond donors (Lipinski definition) is 1. The molecule has 3 aliphatic heterocycles. The summed E-state index contributed by atoms with van der Waals surface area (Å²) in [7, 11) is -3.42. The van der Waals surface area contributed by atoms with Crippen molar-refractivity contribution in [3.63, 3.8) is 0 Å². The van der Waals surface area contributed by atoms with Crippen LogP contribution in [0.3, 0.4) is 0 Å². The van der Waals surface area contributed by atoms with Crippen LogP contribution in [0.25, 0.3) is 0 Å². The zero-order chi connectivity index (χ0) is 20.5. The predicted molar refractivity (Wildman–Crippen MR) is 108 cm³/mol. The normalized spacial score (nSPS) is 27.9. The van der Waals surface area contributed by atoms with Crippen LogP contribution in [0.2, 0.25) is 0 Å². The van der Waals surface area contributed by atoms with E-state index < -0.39 is 15.7 Å². The Hall–Kier alpha value is -1.23. The van der Waals surface area contributed by atoms with Gasteiger partial charge in [-0.1, -0.05) is 32.1 Å². The lowest BCUT2D eigenvalue weighted by Gasteiger charge is -2.37. The Labute approximate surface area is 173 Å². The highest BCUT2D eigenvalue weighted by Gasteiger charge is 2.51. The molecule has 4 fully saturated rings. The molecule has 0 aromatic rings. The van der Waals surface area contributed by atoms with E-state index in [-0.39, 0.29) is 18.6 Å². The molecule has 29 heavy (non-hydrogen) atoms. The number of nitrogens with one attached hydrogen (secondary N) is 1. The first kappa shape index (κ1) is 21.0. The van der Waals surface area contributed by atoms with Crippen LogP contribution in [0.15, 0.2) is 0 Å². The van der Waals surface area contributed by atoms with Crippen LogP contribution >= 0.6 is 0 Å². The Kier molecular flexibility index (Phi) is 6.15. The van der Waals surface area contributed by atoms with Gasteiger partial charge in [0.1, 0.15) is 5.54 Å². The lowest BCUT2D eigenvalue weighted by molar-refractivity contribution is -0.134. The van der Waals surface area contributed by atoms with Gasteiger partial charge >= 0.3 is 6.03 Å². The highest BCUT2D eigenvalue weighted by Crippen LogP contribution is 2.33. The summed E-state index contributed by atoms with van der Waals surface area (Å²) in [6.07, 6.45) is 8.50. The first-order valence-electron chi connectivity index (χ1n) is 11.0. The molecule has 0 atom stereocenters. The maximum atomic E-state index is 13.0. The lowest BCUT2D eigenvalue weighted by atomic mass is 9.82. The average molecular weight is 428 g/mol. The number of carbonyl (C=O) groups is 2. The molecule has 4 rings (SSSR count). The number of hydrogen-bond acceptors (Lipinski definition) is 5. The second-order valence-corrected chi connectivity index (χ2v) is 10.7. The fourth-order valence-electron chi connectivity index (χ4n) is 5.04. The van der Waals surface area contributed by atoms with Gasteiger partial charge in [-0.15, -0.1) is 0 Å². The van der Waals surface area contributed by atoms with E-state index in [1.165, 1.54) is 4.90 Å². The zero-order valence-electron chi connectivity index (χ0n) is 17.1. The van der Waals surface area contributed by atoms with E-state index in [1.54, 1.807) is 8.61 Å². The van der Waals surface area contributed by atoms with Gasteiger partial charge in [-0.05, 0) is 25.7 Å². The smallest absolute Gasteiger partial charge is 0.323 e. The third-order valence-corrected chi connectivity index (χ3v) is 8.88. The van der Waals surface area contributed by atoms with Crippen molar-refractivity contribution in [1.29, 1.82) is 0 Å². The Morgan fingerprint density at radius 1 is 0.759 bits per heavy atom. The molecule has 3 saturated heterocycles. The summed E-state index contributed by atoms with van der Waals surface area (Å²) in [6, 6.07) is -0.309. The van der Waals surface area contributed by atoms with Crippen molar-refractivity contribution in [3.8, 4) is 0 Å². The Balaban J connectivity index is 1.33. The summed E-state index contributed by atoms with van der Waals surface area (Å²) in [5.41, 5.74) is -0.701. The van der Waals surface area contributed by atoms with Gasteiger partial charge in [0.25, 0.3) is 16.1 Å². The summed E-state index contributed by atoms with van der Waals surface area (Å²) in [6.45, 7) is 3.29. The van der Waals surface area contributed by atoms with Gasteiger partial charge in [0.05, 0.1) is 6.67 Å². The summed E-state index contributed by atoms with van der Waals surface area (Å²) in [4.78, 5) is 28.7. The van der Waals surface area contributed by atoms with Gasteiger partial charge in [0.15, 0.2) is 0 Å². The van der Waals surface area contributed by atoms with Crippen molar-refractivity contribution in [2.24, 2.45) is 0 Å². The van der Waals surface area contributed by atoms with E-state index in [9.17, 15) is 18.0 Å². The average Bonchev–Trinajstić information content (AvgIpc) is 2.94. The molecular formula is C19H33N5O4S. The first-order valence-corrected chi connectivity index (χ1v) is 12.4. The SMILES string of the molecule is O=C1NC2(CCCCC2)C(=O)N1CN1CCN(S(=O)(=O)N2CCCCCC2)CC1. The highest BCUT2D eigenvalue weighted by atomic mass is 32.2. The molecule has 0 bridgehead atoms. The number of piperazine rings is 1. The number of carbonyl (C=O) groups excluding carboxylic acids is 2. The van der Waals surface area contributed by atoms with Gasteiger partial charge in [0.2, 0.25) is 0 Å². The van der Waals surface area contributed by atoms with Crippen LogP contribution in [-0.2, 0) is 15.0 Å². The molecular weight excluding hydrogens is 394 g/mol. The molecule has 0 aromatic carbocycles. The van der Waals surface area contributed by atoms with Crippen molar-refractivity contribution in [2.45, 2.75) is 63.3 Å². The van der Waals surface area contributed by atoms with E-state index in [2.05, 4.69) is 5.32 Å².